The number of piperidine rings is 1. The van der Waals surface area contributed by atoms with E-state index >= 15 is 0 Å². The van der Waals surface area contributed by atoms with Crippen LogP contribution >= 0.6 is 11.3 Å². The van der Waals surface area contributed by atoms with Crippen LogP contribution < -0.4 is 5.32 Å². The quantitative estimate of drug-likeness (QED) is 0.867. The van der Waals surface area contributed by atoms with Crippen molar-refractivity contribution in [2.24, 2.45) is 0 Å². The third kappa shape index (κ3) is 2.10. The second kappa shape index (κ2) is 4.93. The predicted octanol–water partition coefficient (Wildman–Crippen LogP) is 1.41. The van der Waals surface area contributed by atoms with Crippen LogP contribution in [0.1, 0.15) is 30.8 Å². The van der Waals surface area contributed by atoms with Crippen molar-refractivity contribution < 1.29 is 4.79 Å². The molecule has 1 N–H and O–H groups in total. The molecule has 16 heavy (non-hydrogen) atoms. The molecule has 1 fully saturated rings. The maximum atomic E-state index is 12.1. The molecule has 0 radical (unpaired) electrons. The van der Waals surface area contributed by atoms with E-state index in [4.69, 9.17) is 0 Å². The lowest BCUT2D eigenvalue weighted by Gasteiger charge is -2.35. The lowest BCUT2D eigenvalue weighted by atomic mass is 10.0. The van der Waals surface area contributed by atoms with Crippen molar-refractivity contribution in [3.63, 3.8) is 0 Å². The molecule has 2 rings (SSSR count). The molecular formula is C11H17N3OS. The highest BCUT2D eigenvalue weighted by Crippen LogP contribution is 2.26. The maximum Gasteiger partial charge on any atom is 0.240 e. The van der Waals surface area contributed by atoms with Crippen LogP contribution in [0, 0.1) is 0 Å². The number of hydrogen-bond acceptors (Lipinski definition) is 4. The fraction of sp³-hybridized carbons (Fsp3) is 0.636. The molecule has 1 aromatic heterocycles. The van der Waals surface area contributed by atoms with Gasteiger partial charge in [0.25, 0.3) is 0 Å². The van der Waals surface area contributed by atoms with E-state index in [1.807, 2.05) is 17.3 Å². The molecule has 2 heterocycles. The first-order valence-electron chi connectivity index (χ1n) is 5.61. The smallest absolute Gasteiger partial charge is 0.240 e. The lowest BCUT2D eigenvalue weighted by molar-refractivity contribution is -0.138. The van der Waals surface area contributed by atoms with Crippen LogP contribution in [0.5, 0.6) is 0 Å². The van der Waals surface area contributed by atoms with Crippen molar-refractivity contribution >= 4 is 17.2 Å². The third-order valence-corrected chi connectivity index (χ3v) is 4.04. The summed E-state index contributed by atoms with van der Waals surface area (Å²) in [5.74, 6) is 0.205. The van der Waals surface area contributed by atoms with Gasteiger partial charge < -0.3 is 10.2 Å². The van der Waals surface area contributed by atoms with Gasteiger partial charge in [0.2, 0.25) is 5.91 Å². The van der Waals surface area contributed by atoms with Gasteiger partial charge in [0, 0.05) is 18.1 Å². The number of likely N-dealkylation sites (tertiary alicyclic amines) is 1. The molecule has 0 bridgehead atoms. The first kappa shape index (κ1) is 11.5. The minimum Gasteiger partial charge on any atom is -0.332 e. The number of carbonyl (C=O) groups is 1. The minimum absolute atomic E-state index is 0.0174. The fourth-order valence-corrected chi connectivity index (χ4v) is 2.83. The summed E-state index contributed by atoms with van der Waals surface area (Å²) >= 11 is 1.61. The molecule has 1 saturated heterocycles. The molecule has 0 spiro atoms. The summed E-state index contributed by atoms with van der Waals surface area (Å²) in [6.45, 7) is 2.90. The largest absolute Gasteiger partial charge is 0.332 e. The Hall–Kier alpha value is -0.940. The van der Waals surface area contributed by atoms with Crippen molar-refractivity contribution in [3.05, 3.63) is 16.6 Å². The summed E-state index contributed by atoms with van der Waals surface area (Å²) in [6, 6.07) is 0.0832. The van der Waals surface area contributed by atoms with Gasteiger partial charge in [-0.1, -0.05) is 0 Å². The normalized spacial score (nSPS) is 23.5. The number of nitrogens with one attached hydrogen (secondary N) is 1. The zero-order chi connectivity index (χ0) is 11.5. The summed E-state index contributed by atoms with van der Waals surface area (Å²) in [6.07, 6.45) is 3.80. The topological polar surface area (TPSA) is 45.2 Å². The molecule has 1 aliphatic heterocycles. The van der Waals surface area contributed by atoms with Crippen LogP contribution in [0.4, 0.5) is 0 Å². The van der Waals surface area contributed by atoms with Crippen molar-refractivity contribution in [2.75, 3.05) is 13.6 Å². The Morgan fingerprint density at radius 1 is 1.69 bits per heavy atom. The number of hydrogen-bond donors (Lipinski definition) is 1. The van der Waals surface area contributed by atoms with Gasteiger partial charge in [0.1, 0.15) is 5.01 Å². The van der Waals surface area contributed by atoms with Crippen LogP contribution in [0.2, 0.25) is 0 Å². The molecule has 0 saturated carbocycles. The highest BCUT2D eigenvalue weighted by Gasteiger charge is 2.31. The first-order chi connectivity index (χ1) is 7.74. The molecule has 0 aromatic carbocycles. The summed E-state index contributed by atoms with van der Waals surface area (Å²) < 4.78 is 0. The predicted molar refractivity (Wildman–Crippen MR) is 64.3 cm³/mol. The molecule has 5 heteroatoms. The molecule has 0 aliphatic carbocycles. The maximum absolute atomic E-state index is 12.1. The van der Waals surface area contributed by atoms with Crippen molar-refractivity contribution in [1.82, 2.24) is 15.2 Å². The minimum atomic E-state index is -0.0174. The molecule has 1 amide bonds. The van der Waals surface area contributed by atoms with Crippen LogP contribution in [-0.4, -0.2) is 35.4 Å². The van der Waals surface area contributed by atoms with Crippen LogP contribution in [-0.2, 0) is 4.79 Å². The Labute approximate surface area is 99.7 Å². The summed E-state index contributed by atoms with van der Waals surface area (Å²) in [4.78, 5) is 18.3. The Morgan fingerprint density at radius 2 is 2.50 bits per heavy atom. The first-order valence-corrected chi connectivity index (χ1v) is 6.49. The van der Waals surface area contributed by atoms with Gasteiger partial charge >= 0.3 is 0 Å². The zero-order valence-corrected chi connectivity index (χ0v) is 10.5. The molecule has 1 aliphatic rings. The lowest BCUT2D eigenvalue weighted by Crippen LogP contribution is -2.50. The van der Waals surface area contributed by atoms with E-state index in [2.05, 4.69) is 17.2 Å². The van der Waals surface area contributed by atoms with E-state index < -0.39 is 0 Å². The van der Waals surface area contributed by atoms with Crippen molar-refractivity contribution in [3.8, 4) is 0 Å². The van der Waals surface area contributed by atoms with E-state index in [0.29, 0.717) is 0 Å². The van der Waals surface area contributed by atoms with Gasteiger partial charge in [-0.25, -0.2) is 4.98 Å². The standard InChI is InChI=1S/C11H17N3OS/c1-8(10-13-5-7-16-10)14-6-3-4-9(12-2)11(14)15/h5,7-9,12H,3-4,6H2,1-2H3. The summed E-state index contributed by atoms with van der Waals surface area (Å²) in [7, 11) is 1.85. The number of amides is 1. The number of thiazole rings is 1. The van der Waals surface area contributed by atoms with E-state index in [1.54, 1.807) is 17.5 Å². The van der Waals surface area contributed by atoms with Crippen LogP contribution in [0.25, 0.3) is 0 Å². The molecule has 88 valence electrons. The number of aromatic nitrogens is 1. The van der Waals surface area contributed by atoms with E-state index in [-0.39, 0.29) is 18.0 Å². The van der Waals surface area contributed by atoms with Crippen molar-refractivity contribution in [2.45, 2.75) is 31.8 Å². The number of nitrogens with zero attached hydrogens (tertiary/aromatic N) is 2. The molecule has 2 unspecified atom stereocenters. The third-order valence-electron chi connectivity index (χ3n) is 3.10. The van der Waals surface area contributed by atoms with Gasteiger partial charge in [-0.05, 0) is 26.8 Å². The van der Waals surface area contributed by atoms with Gasteiger partial charge in [-0.15, -0.1) is 11.3 Å². The number of likely N-dealkylation sites (N-methyl/N-ethyl adjacent to an activating group) is 1. The average molecular weight is 239 g/mol. The molecule has 1 aromatic rings. The van der Waals surface area contributed by atoms with Crippen LogP contribution in [0.3, 0.4) is 0 Å². The van der Waals surface area contributed by atoms with E-state index in [1.165, 1.54) is 0 Å². The van der Waals surface area contributed by atoms with Gasteiger partial charge in [-0.2, -0.15) is 0 Å². The number of rotatable bonds is 3. The molecule has 4 nitrogen and oxygen atoms in total. The Balaban J connectivity index is 2.11. The molecular weight excluding hydrogens is 222 g/mol. The second-order valence-corrected chi connectivity index (χ2v) is 4.99. The second-order valence-electron chi connectivity index (χ2n) is 4.06. The monoisotopic (exact) mass is 239 g/mol. The van der Waals surface area contributed by atoms with E-state index in [9.17, 15) is 4.79 Å². The van der Waals surface area contributed by atoms with Gasteiger partial charge in [-0.3, -0.25) is 4.79 Å². The summed E-state index contributed by atoms with van der Waals surface area (Å²) in [5.41, 5.74) is 0. The van der Waals surface area contributed by atoms with E-state index in [0.717, 1.165) is 24.4 Å². The van der Waals surface area contributed by atoms with Gasteiger partial charge in [0.15, 0.2) is 0 Å². The Kier molecular flexibility index (Phi) is 3.56. The fourth-order valence-electron chi connectivity index (χ4n) is 2.13. The Bertz CT molecular complexity index is 352. The molecule has 2 atom stereocenters. The highest BCUT2D eigenvalue weighted by molar-refractivity contribution is 7.09. The zero-order valence-electron chi connectivity index (χ0n) is 9.64. The van der Waals surface area contributed by atoms with Crippen molar-refractivity contribution in [1.29, 1.82) is 0 Å². The average Bonchev–Trinajstić information content (AvgIpc) is 2.82. The highest BCUT2D eigenvalue weighted by atomic mass is 32.1. The van der Waals surface area contributed by atoms with Crippen LogP contribution in [0.15, 0.2) is 11.6 Å². The Morgan fingerprint density at radius 3 is 3.12 bits per heavy atom. The van der Waals surface area contributed by atoms with Gasteiger partial charge in [0.05, 0.1) is 12.1 Å². The SMILES string of the molecule is CNC1CCCN(C(C)c2nccs2)C1=O. The number of carbonyl (C=O) groups excluding carboxylic acids is 1. The summed E-state index contributed by atoms with van der Waals surface area (Å²) in [5, 5.41) is 6.05.